The molecule has 1 aliphatic carbocycles. The van der Waals surface area contributed by atoms with E-state index in [1.807, 2.05) is 0 Å². The highest BCUT2D eigenvalue weighted by Crippen LogP contribution is 2.30. The van der Waals surface area contributed by atoms with Gasteiger partial charge in [0.25, 0.3) is 0 Å². The molecule has 0 spiro atoms. The molecule has 19 heavy (non-hydrogen) atoms. The first-order valence-corrected chi connectivity index (χ1v) is 6.04. The second-order valence-electron chi connectivity index (χ2n) is 4.83. The van der Waals surface area contributed by atoms with Crippen LogP contribution in [0.4, 0.5) is 4.79 Å². The number of nitrogens with one attached hydrogen (secondary N) is 1. The first kappa shape index (κ1) is 13.3. The summed E-state index contributed by atoms with van der Waals surface area (Å²) in [5, 5.41) is 10.9. The van der Waals surface area contributed by atoms with Crippen LogP contribution in [-0.4, -0.2) is 64.9 Å². The predicted molar refractivity (Wildman–Crippen MR) is 62.1 cm³/mol. The third-order valence-corrected chi connectivity index (χ3v) is 2.99. The Labute approximate surface area is 109 Å². The molecule has 1 saturated carbocycles. The van der Waals surface area contributed by atoms with Gasteiger partial charge >= 0.3 is 12.0 Å². The highest BCUT2D eigenvalue weighted by atomic mass is 16.4. The molecule has 104 valence electrons. The average Bonchev–Trinajstić information content (AvgIpc) is 3.09. The van der Waals surface area contributed by atoms with Gasteiger partial charge in [0.15, 0.2) is 0 Å². The fourth-order valence-electron chi connectivity index (χ4n) is 1.96. The number of piperazine rings is 1. The summed E-state index contributed by atoms with van der Waals surface area (Å²) in [5.41, 5.74) is 0. The van der Waals surface area contributed by atoms with Crippen LogP contribution in [-0.2, 0) is 14.4 Å². The van der Waals surface area contributed by atoms with Gasteiger partial charge in [-0.05, 0) is 18.8 Å². The molecule has 0 unspecified atom stereocenters. The zero-order valence-corrected chi connectivity index (χ0v) is 10.3. The van der Waals surface area contributed by atoms with E-state index in [2.05, 4.69) is 5.32 Å². The number of hydrogen-bond acceptors (Lipinski definition) is 4. The summed E-state index contributed by atoms with van der Waals surface area (Å²) >= 11 is 0. The molecule has 8 heteroatoms. The number of carboxylic acids is 1. The SMILES string of the molecule is O=C(O)CN(CC1CC1)C(=O)N1CC(=O)NC(=O)C1. The normalized spacial score (nSPS) is 19.1. The highest BCUT2D eigenvalue weighted by molar-refractivity contribution is 6.02. The second-order valence-corrected chi connectivity index (χ2v) is 4.83. The van der Waals surface area contributed by atoms with Gasteiger partial charge in [0.1, 0.15) is 19.6 Å². The van der Waals surface area contributed by atoms with E-state index in [-0.39, 0.29) is 13.1 Å². The monoisotopic (exact) mass is 269 g/mol. The van der Waals surface area contributed by atoms with E-state index >= 15 is 0 Å². The van der Waals surface area contributed by atoms with Crippen LogP contribution >= 0.6 is 0 Å². The van der Waals surface area contributed by atoms with Gasteiger partial charge < -0.3 is 14.9 Å². The molecular weight excluding hydrogens is 254 g/mol. The van der Waals surface area contributed by atoms with Crippen molar-refractivity contribution in [3.05, 3.63) is 0 Å². The molecule has 2 aliphatic rings. The van der Waals surface area contributed by atoms with Crippen LogP contribution in [0.15, 0.2) is 0 Å². The molecule has 0 radical (unpaired) electrons. The van der Waals surface area contributed by atoms with Crippen LogP contribution < -0.4 is 5.32 Å². The number of nitrogens with zero attached hydrogens (tertiary/aromatic N) is 2. The Hall–Kier alpha value is -2.12. The van der Waals surface area contributed by atoms with E-state index in [1.54, 1.807) is 0 Å². The Kier molecular flexibility index (Phi) is 3.68. The fraction of sp³-hybridized carbons (Fsp3) is 0.636. The van der Waals surface area contributed by atoms with Crippen molar-refractivity contribution < 1.29 is 24.3 Å². The van der Waals surface area contributed by atoms with Crippen molar-refractivity contribution in [3.63, 3.8) is 0 Å². The molecule has 2 N–H and O–H groups in total. The van der Waals surface area contributed by atoms with E-state index in [0.29, 0.717) is 12.5 Å². The summed E-state index contributed by atoms with van der Waals surface area (Å²) in [7, 11) is 0. The van der Waals surface area contributed by atoms with E-state index in [1.165, 1.54) is 4.90 Å². The van der Waals surface area contributed by atoms with Crippen LogP contribution in [0, 0.1) is 5.92 Å². The van der Waals surface area contributed by atoms with Crippen LogP contribution in [0.25, 0.3) is 0 Å². The largest absolute Gasteiger partial charge is 0.480 e. The third-order valence-electron chi connectivity index (χ3n) is 2.99. The number of urea groups is 1. The molecule has 4 amide bonds. The van der Waals surface area contributed by atoms with Gasteiger partial charge in [0.05, 0.1) is 0 Å². The van der Waals surface area contributed by atoms with Crippen LogP contribution in [0.3, 0.4) is 0 Å². The number of aliphatic carboxylic acids is 1. The van der Waals surface area contributed by atoms with Crippen molar-refractivity contribution in [2.75, 3.05) is 26.2 Å². The third kappa shape index (κ3) is 3.67. The summed E-state index contributed by atoms with van der Waals surface area (Å²) in [6, 6.07) is -0.572. The van der Waals surface area contributed by atoms with Crippen LogP contribution in [0.1, 0.15) is 12.8 Å². The fourth-order valence-corrected chi connectivity index (χ4v) is 1.96. The Bertz CT molecular complexity index is 416. The maximum absolute atomic E-state index is 12.1. The smallest absolute Gasteiger partial charge is 0.323 e. The number of carbonyl (C=O) groups is 4. The van der Waals surface area contributed by atoms with E-state index < -0.39 is 30.4 Å². The van der Waals surface area contributed by atoms with Crippen molar-refractivity contribution in [1.29, 1.82) is 0 Å². The minimum atomic E-state index is -1.11. The van der Waals surface area contributed by atoms with E-state index in [0.717, 1.165) is 17.7 Å². The molecule has 0 bridgehead atoms. The maximum Gasteiger partial charge on any atom is 0.323 e. The van der Waals surface area contributed by atoms with Crippen molar-refractivity contribution in [2.45, 2.75) is 12.8 Å². The summed E-state index contributed by atoms with van der Waals surface area (Å²) in [5.74, 6) is -1.88. The van der Waals surface area contributed by atoms with Gasteiger partial charge in [-0.15, -0.1) is 0 Å². The van der Waals surface area contributed by atoms with Crippen LogP contribution in [0.5, 0.6) is 0 Å². The topological polar surface area (TPSA) is 107 Å². The molecular formula is C11H15N3O5. The number of rotatable bonds is 4. The van der Waals surface area contributed by atoms with E-state index in [9.17, 15) is 19.2 Å². The molecule has 0 aromatic rings. The van der Waals surface area contributed by atoms with Gasteiger partial charge in [0.2, 0.25) is 11.8 Å². The van der Waals surface area contributed by atoms with Crippen molar-refractivity contribution in [2.24, 2.45) is 5.92 Å². The maximum atomic E-state index is 12.1. The first-order chi connectivity index (χ1) is 8.95. The Morgan fingerprint density at radius 3 is 2.32 bits per heavy atom. The molecule has 0 atom stereocenters. The second kappa shape index (κ2) is 5.25. The lowest BCUT2D eigenvalue weighted by atomic mass is 10.3. The van der Waals surface area contributed by atoms with Gasteiger partial charge in [-0.2, -0.15) is 0 Å². The summed E-state index contributed by atoms with van der Waals surface area (Å²) in [6.07, 6.45) is 1.95. The summed E-state index contributed by atoms with van der Waals surface area (Å²) < 4.78 is 0. The Balaban J connectivity index is 2.01. The number of carbonyl (C=O) groups excluding carboxylic acids is 3. The van der Waals surface area contributed by atoms with Gasteiger partial charge in [-0.3, -0.25) is 19.7 Å². The van der Waals surface area contributed by atoms with Crippen LogP contribution in [0.2, 0.25) is 0 Å². The van der Waals surface area contributed by atoms with E-state index in [4.69, 9.17) is 5.11 Å². The zero-order chi connectivity index (χ0) is 14.0. The molecule has 2 rings (SSSR count). The van der Waals surface area contributed by atoms with Crippen molar-refractivity contribution in [3.8, 4) is 0 Å². The molecule has 1 aliphatic heterocycles. The average molecular weight is 269 g/mol. The van der Waals surface area contributed by atoms with Crippen molar-refractivity contribution >= 4 is 23.8 Å². The number of carboxylic acid groups (broad SMARTS) is 1. The molecule has 2 fully saturated rings. The lowest BCUT2D eigenvalue weighted by Crippen LogP contribution is -2.57. The molecule has 1 saturated heterocycles. The molecule has 8 nitrogen and oxygen atoms in total. The first-order valence-electron chi connectivity index (χ1n) is 6.04. The standard InChI is InChI=1S/C11H15N3O5/c15-8-4-14(5-9(16)12-8)11(19)13(6-10(17)18)3-7-1-2-7/h7H,1-6H2,(H,17,18)(H,12,15,16). The molecule has 1 heterocycles. The minimum absolute atomic E-state index is 0.217. The lowest BCUT2D eigenvalue weighted by Gasteiger charge is -2.31. The van der Waals surface area contributed by atoms with Gasteiger partial charge in [0, 0.05) is 6.54 Å². The van der Waals surface area contributed by atoms with Gasteiger partial charge in [-0.1, -0.05) is 0 Å². The predicted octanol–water partition coefficient (Wildman–Crippen LogP) is -1.14. The Morgan fingerprint density at radius 2 is 1.84 bits per heavy atom. The summed E-state index contributed by atoms with van der Waals surface area (Å²) in [4.78, 5) is 47.6. The number of hydrogen-bond donors (Lipinski definition) is 2. The van der Waals surface area contributed by atoms with Gasteiger partial charge in [-0.25, -0.2) is 4.79 Å². The number of amides is 4. The molecule has 0 aromatic heterocycles. The number of imide groups is 1. The highest BCUT2D eigenvalue weighted by Gasteiger charge is 2.33. The minimum Gasteiger partial charge on any atom is -0.480 e. The lowest BCUT2D eigenvalue weighted by molar-refractivity contribution is -0.137. The summed E-state index contributed by atoms with van der Waals surface area (Å²) in [6.45, 7) is -0.490. The Morgan fingerprint density at radius 1 is 1.26 bits per heavy atom. The quantitative estimate of drug-likeness (QED) is 0.627. The van der Waals surface area contributed by atoms with Crippen molar-refractivity contribution in [1.82, 2.24) is 15.1 Å². The molecule has 0 aromatic carbocycles. The zero-order valence-electron chi connectivity index (χ0n) is 10.3.